The van der Waals surface area contributed by atoms with Crippen molar-refractivity contribution in [2.75, 3.05) is 0 Å². The third-order valence-corrected chi connectivity index (χ3v) is 2.88. The van der Waals surface area contributed by atoms with Gasteiger partial charge >= 0.3 is 12.1 Å². The molecule has 6 N–H and O–H groups in total. The molecule has 0 unspecified atom stereocenters. The Bertz CT molecular complexity index is 373. The van der Waals surface area contributed by atoms with Gasteiger partial charge in [0.2, 0.25) is 5.91 Å². The SMILES string of the molecule is C[C@@H](NC(=O)CCCC[C@@H](N)C(=O)O)C(O)(O)C(F)(F)F. The van der Waals surface area contributed by atoms with Crippen LogP contribution in [0.25, 0.3) is 0 Å². The van der Waals surface area contributed by atoms with Crippen LogP contribution in [0.15, 0.2) is 0 Å². The van der Waals surface area contributed by atoms with Crippen molar-refractivity contribution in [3.8, 4) is 0 Å². The number of hydrogen-bond acceptors (Lipinski definition) is 5. The summed E-state index contributed by atoms with van der Waals surface area (Å²) in [4.78, 5) is 21.8. The van der Waals surface area contributed by atoms with Gasteiger partial charge in [0.05, 0.1) is 6.04 Å². The second kappa shape index (κ2) is 7.57. The molecule has 0 aliphatic heterocycles. The van der Waals surface area contributed by atoms with Gasteiger partial charge in [-0.2, -0.15) is 13.2 Å². The van der Waals surface area contributed by atoms with Crippen LogP contribution in [0, 0.1) is 0 Å². The third-order valence-electron chi connectivity index (χ3n) is 2.88. The summed E-state index contributed by atoms with van der Waals surface area (Å²) in [5.74, 6) is -6.00. The van der Waals surface area contributed by atoms with Crippen LogP contribution >= 0.6 is 0 Å². The molecule has 0 aliphatic rings. The fourth-order valence-electron chi connectivity index (χ4n) is 1.43. The number of nitrogens with two attached hydrogens (primary N) is 1. The van der Waals surface area contributed by atoms with Crippen LogP contribution < -0.4 is 11.1 Å². The van der Waals surface area contributed by atoms with Crippen molar-refractivity contribution in [3.05, 3.63) is 0 Å². The summed E-state index contributed by atoms with van der Waals surface area (Å²) in [7, 11) is 0. The van der Waals surface area contributed by atoms with Gasteiger partial charge in [0.1, 0.15) is 6.04 Å². The van der Waals surface area contributed by atoms with Crippen LogP contribution in [-0.2, 0) is 9.59 Å². The average molecular weight is 316 g/mol. The number of nitrogens with one attached hydrogen (secondary N) is 1. The van der Waals surface area contributed by atoms with Gasteiger partial charge in [-0.05, 0) is 19.8 Å². The van der Waals surface area contributed by atoms with Crippen LogP contribution in [0.4, 0.5) is 13.2 Å². The molecule has 2 atom stereocenters. The zero-order valence-corrected chi connectivity index (χ0v) is 11.4. The Kier molecular flexibility index (Phi) is 7.07. The molecule has 7 nitrogen and oxygen atoms in total. The largest absolute Gasteiger partial charge is 0.480 e. The van der Waals surface area contributed by atoms with Crippen LogP contribution in [0.1, 0.15) is 32.6 Å². The van der Waals surface area contributed by atoms with E-state index < -0.39 is 35.9 Å². The summed E-state index contributed by atoms with van der Waals surface area (Å²) in [6, 6.07) is -2.99. The van der Waals surface area contributed by atoms with Crippen molar-refractivity contribution < 1.29 is 38.1 Å². The normalized spacial score (nSPS) is 15.4. The summed E-state index contributed by atoms with van der Waals surface area (Å²) < 4.78 is 36.9. The van der Waals surface area contributed by atoms with Gasteiger partial charge in [-0.3, -0.25) is 9.59 Å². The molecule has 0 saturated heterocycles. The Morgan fingerprint density at radius 1 is 1.24 bits per heavy atom. The van der Waals surface area contributed by atoms with Gasteiger partial charge in [0.15, 0.2) is 0 Å². The molecule has 0 saturated carbocycles. The number of carbonyl (C=O) groups excluding carboxylic acids is 1. The standard InChI is InChI=1S/C11H19F3N2O5/c1-6(10(20,21)11(12,13)14)16-8(17)5-3-2-4-7(15)9(18)19/h6-7,20-21H,2-5,15H2,1H3,(H,16,17)(H,18,19)/t6-,7-/m1/s1. The van der Waals surface area contributed by atoms with Crippen LogP contribution in [0.2, 0.25) is 0 Å². The number of carboxylic acids is 1. The van der Waals surface area contributed by atoms with E-state index in [1.807, 2.05) is 5.32 Å². The van der Waals surface area contributed by atoms with Crippen molar-refractivity contribution in [1.29, 1.82) is 0 Å². The molecule has 0 fully saturated rings. The van der Waals surface area contributed by atoms with E-state index in [1.165, 1.54) is 0 Å². The maximum Gasteiger partial charge on any atom is 0.445 e. The first-order chi connectivity index (χ1) is 9.39. The van der Waals surface area contributed by atoms with E-state index in [0.29, 0.717) is 6.42 Å². The van der Waals surface area contributed by atoms with Crippen molar-refractivity contribution in [2.24, 2.45) is 5.73 Å². The molecule has 0 aromatic heterocycles. The fraction of sp³-hybridized carbons (Fsp3) is 0.818. The lowest BCUT2D eigenvalue weighted by atomic mass is 10.1. The maximum absolute atomic E-state index is 12.3. The van der Waals surface area contributed by atoms with E-state index in [4.69, 9.17) is 21.1 Å². The number of aliphatic hydroxyl groups is 2. The lowest BCUT2D eigenvalue weighted by Crippen LogP contribution is -2.59. The minimum Gasteiger partial charge on any atom is -0.480 e. The minimum absolute atomic E-state index is 0.130. The Balaban J connectivity index is 4.13. The highest BCUT2D eigenvalue weighted by Gasteiger charge is 2.56. The van der Waals surface area contributed by atoms with E-state index in [9.17, 15) is 22.8 Å². The van der Waals surface area contributed by atoms with E-state index in [1.54, 1.807) is 0 Å². The molecule has 0 spiro atoms. The summed E-state index contributed by atoms with van der Waals surface area (Å²) in [5, 5.41) is 28.2. The number of rotatable bonds is 8. The molecule has 10 heteroatoms. The predicted molar refractivity (Wildman–Crippen MR) is 64.9 cm³/mol. The summed E-state index contributed by atoms with van der Waals surface area (Å²) in [6.45, 7) is 0.811. The topological polar surface area (TPSA) is 133 Å². The molecule has 1 amide bonds. The van der Waals surface area contributed by atoms with E-state index >= 15 is 0 Å². The number of carbonyl (C=O) groups is 2. The molecule has 124 valence electrons. The highest BCUT2D eigenvalue weighted by molar-refractivity contribution is 5.76. The zero-order chi connectivity index (χ0) is 16.8. The van der Waals surface area contributed by atoms with E-state index in [-0.39, 0.29) is 19.3 Å². The summed E-state index contributed by atoms with van der Waals surface area (Å²) in [5.41, 5.74) is 5.23. The third kappa shape index (κ3) is 6.27. The van der Waals surface area contributed by atoms with Crippen LogP contribution in [0.3, 0.4) is 0 Å². The first-order valence-corrected chi connectivity index (χ1v) is 6.18. The summed E-state index contributed by atoms with van der Waals surface area (Å²) in [6.07, 6.45) is -4.82. The van der Waals surface area contributed by atoms with Crippen molar-refractivity contribution in [1.82, 2.24) is 5.32 Å². The van der Waals surface area contributed by atoms with E-state index in [0.717, 1.165) is 6.92 Å². The number of aliphatic carboxylic acids is 1. The summed E-state index contributed by atoms with van der Waals surface area (Å²) >= 11 is 0. The lowest BCUT2D eigenvalue weighted by molar-refractivity contribution is -0.357. The van der Waals surface area contributed by atoms with Crippen LogP contribution in [-0.4, -0.2) is 51.2 Å². The highest BCUT2D eigenvalue weighted by atomic mass is 19.4. The molecule has 0 aromatic rings. The molecular formula is C11H19F3N2O5. The monoisotopic (exact) mass is 316 g/mol. The minimum atomic E-state index is -5.30. The second-order valence-electron chi connectivity index (χ2n) is 4.70. The van der Waals surface area contributed by atoms with Gasteiger partial charge in [-0.1, -0.05) is 6.42 Å². The average Bonchev–Trinajstić information content (AvgIpc) is 2.32. The Morgan fingerprint density at radius 3 is 2.19 bits per heavy atom. The predicted octanol–water partition coefficient (Wildman–Crippen LogP) is -0.293. The van der Waals surface area contributed by atoms with Gasteiger partial charge in [-0.25, -0.2) is 0 Å². The Hall–Kier alpha value is -1.39. The number of carboxylic acid groups (broad SMARTS) is 1. The molecule has 0 rings (SSSR count). The maximum atomic E-state index is 12.3. The molecule has 0 bridgehead atoms. The highest BCUT2D eigenvalue weighted by Crippen LogP contribution is 2.30. The first kappa shape index (κ1) is 19.6. The number of hydrogen-bond donors (Lipinski definition) is 5. The Labute approximate surface area is 118 Å². The lowest BCUT2D eigenvalue weighted by Gasteiger charge is -2.30. The molecule has 0 radical (unpaired) electrons. The van der Waals surface area contributed by atoms with Crippen LogP contribution in [0.5, 0.6) is 0 Å². The smallest absolute Gasteiger partial charge is 0.445 e. The van der Waals surface area contributed by atoms with Gasteiger partial charge in [-0.15, -0.1) is 0 Å². The number of amides is 1. The molecule has 0 aliphatic carbocycles. The van der Waals surface area contributed by atoms with Crippen molar-refractivity contribution >= 4 is 11.9 Å². The Morgan fingerprint density at radius 2 is 1.76 bits per heavy atom. The van der Waals surface area contributed by atoms with E-state index in [2.05, 4.69) is 0 Å². The number of unbranched alkanes of at least 4 members (excludes halogenated alkanes) is 1. The van der Waals surface area contributed by atoms with Crippen molar-refractivity contribution in [3.63, 3.8) is 0 Å². The second-order valence-corrected chi connectivity index (χ2v) is 4.70. The zero-order valence-electron chi connectivity index (χ0n) is 11.4. The van der Waals surface area contributed by atoms with Crippen molar-refractivity contribution in [2.45, 2.75) is 56.7 Å². The molecule has 0 aromatic carbocycles. The number of halogens is 3. The number of alkyl halides is 3. The molecule has 21 heavy (non-hydrogen) atoms. The quantitative estimate of drug-likeness (QED) is 0.309. The fourth-order valence-corrected chi connectivity index (χ4v) is 1.43. The first-order valence-electron chi connectivity index (χ1n) is 6.18. The van der Waals surface area contributed by atoms with Gasteiger partial charge < -0.3 is 26.4 Å². The van der Waals surface area contributed by atoms with Gasteiger partial charge in [0.25, 0.3) is 5.79 Å². The molecular weight excluding hydrogens is 297 g/mol. The molecule has 0 heterocycles. The van der Waals surface area contributed by atoms with Gasteiger partial charge in [0, 0.05) is 6.42 Å².